The summed E-state index contributed by atoms with van der Waals surface area (Å²) >= 11 is 0. The second-order valence-electron chi connectivity index (χ2n) is 5.74. The third kappa shape index (κ3) is 2.53. The van der Waals surface area contributed by atoms with Crippen molar-refractivity contribution in [1.82, 2.24) is 15.1 Å². The van der Waals surface area contributed by atoms with Crippen LogP contribution in [0.15, 0.2) is 0 Å². The van der Waals surface area contributed by atoms with Crippen LogP contribution in [0.25, 0.3) is 0 Å². The number of carbonyl (C=O) groups is 1. The molecule has 3 fully saturated rings. The highest BCUT2D eigenvalue weighted by molar-refractivity contribution is 5.82. The van der Waals surface area contributed by atoms with Gasteiger partial charge in [0.1, 0.15) is 5.54 Å². The fourth-order valence-corrected chi connectivity index (χ4v) is 3.25. The fraction of sp³-hybridized carbons (Fsp3) is 0.923. The molecule has 0 amide bonds. The molecule has 1 N–H and O–H groups in total. The third-order valence-electron chi connectivity index (χ3n) is 4.31. The summed E-state index contributed by atoms with van der Waals surface area (Å²) in [6.45, 7) is 4.81. The summed E-state index contributed by atoms with van der Waals surface area (Å²) in [5.74, 6) is 0.341. The van der Waals surface area contributed by atoms with Gasteiger partial charge in [0, 0.05) is 19.6 Å². The van der Waals surface area contributed by atoms with Crippen molar-refractivity contribution in [1.29, 1.82) is 0 Å². The van der Waals surface area contributed by atoms with E-state index in [0.717, 1.165) is 45.6 Å². The molecule has 2 bridgehead atoms. The Morgan fingerprint density at radius 3 is 2.56 bits per heavy atom. The molecule has 104 valence electrons. The Morgan fingerprint density at radius 1 is 1.44 bits per heavy atom. The van der Waals surface area contributed by atoms with Gasteiger partial charge in [-0.05, 0) is 45.9 Å². The van der Waals surface area contributed by atoms with Crippen molar-refractivity contribution >= 4 is 5.97 Å². The second-order valence-corrected chi connectivity index (χ2v) is 5.74. The summed E-state index contributed by atoms with van der Waals surface area (Å²) in [7, 11) is 5.58. The average molecular weight is 255 g/mol. The number of carbonyl (C=O) groups excluding carboxylic acids is 1. The number of nitrogens with one attached hydrogen (secondary N) is 1. The van der Waals surface area contributed by atoms with Crippen LogP contribution in [0.2, 0.25) is 0 Å². The van der Waals surface area contributed by atoms with E-state index >= 15 is 0 Å². The maximum atomic E-state index is 12.2. The van der Waals surface area contributed by atoms with E-state index in [1.54, 1.807) is 0 Å². The number of piperidine rings is 3. The zero-order valence-corrected chi connectivity index (χ0v) is 11.7. The highest BCUT2D eigenvalue weighted by Crippen LogP contribution is 2.36. The van der Waals surface area contributed by atoms with Crippen LogP contribution >= 0.6 is 0 Å². The molecule has 0 aromatic carbocycles. The van der Waals surface area contributed by atoms with Gasteiger partial charge in [-0.15, -0.1) is 0 Å². The molecule has 18 heavy (non-hydrogen) atoms. The van der Waals surface area contributed by atoms with Crippen molar-refractivity contribution in [3.05, 3.63) is 0 Å². The molecule has 0 saturated carbocycles. The zero-order chi connectivity index (χ0) is 13.2. The van der Waals surface area contributed by atoms with Gasteiger partial charge in [0.2, 0.25) is 0 Å². The smallest absolute Gasteiger partial charge is 0.327 e. The average Bonchev–Trinajstić information content (AvgIpc) is 2.38. The Kier molecular flexibility index (Phi) is 4.25. The predicted molar refractivity (Wildman–Crippen MR) is 70.5 cm³/mol. The van der Waals surface area contributed by atoms with Crippen LogP contribution in [-0.2, 0) is 9.53 Å². The highest BCUT2D eigenvalue weighted by atomic mass is 16.5. The fourth-order valence-electron chi connectivity index (χ4n) is 3.25. The van der Waals surface area contributed by atoms with Crippen LogP contribution in [0, 0.1) is 5.92 Å². The van der Waals surface area contributed by atoms with Crippen LogP contribution in [0.1, 0.15) is 12.8 Å². The summed E-state index contributed by atoms with van der Waals surface area (Å²) in [4.78, 5) is 16.7. The maximum absolute atomic E-state index is 12.2. The Morgan fingerprint density at radius 2 is 2.11 bits per heavy atom. The SMILES string of the molecule is COC(=O)C1(NCCN(C)C)CN2CCC1CC2. The topological polar surface area (TPSA) is 44.8 Å². The van der Waals surface area contributed by atoms with Crippen LogP contribution in [-0.4, -0.2) is 75.2 Å². The molecular formula is C13H25N3O2. The Balaban J connectivity index is 2.06. The number of esters is 1. The van der Waals surface area contributed by atoms with Crippen molar-refractivity contribution in [3.63, 3.8) is 0 Å². The first-order valence-electron chi connectivity index (χ1n) is 6.79. The molecule has 0 aromatic rings. The number of methoxy groups -OCH3 is 1. The molecule has 3 heterocycles. The second kappa shape index (κ2) is 5.55. The Bertz CT molecular complexity index is 301. The molecule has 3 aliphatic rings. The Labute approximate surface area is 109 Å². The number of hydrogen-bond donors (Lipinski definition) is 1. The third-order valence-corrected chi connectivity index (χ3v) is 4.31. The number of likely N-dealkylation sites (N-methyl/N-ethyl adjacent to an activating group) is 1. The molecule has 1 unspecified atom stereocenters. The predicted octanol–water partition coefficient (Wildman–Crippen LogP) is -0.225. The molecule has 5 nitrogen and oxygen atoms in total. The summed E-state index contributed by atoms with van der Waals surface area (Å²) < 4.78 is 5.06. The number of rotatable bonds is 5. The molecule has 0 radical (unpaired) electrons. The molecule has 0 spiro atoms. The minimum absolute atomic E-state index is 0.0874. The first kappa shape index (κ1) is 13.8. The minimum atomic E-state index is -0.471. The maximum Gasteiger partial charge on any atom is 0.327 e. The van der Waals surface area contributed by atoms with Gasteiger partial charge in [0.25, 0.3) is 0 Å². The normalized spacial score (nSPS) is 34.9. The molecule has 3 aliphatic heterocycles. The zero-order valence-electron chi connectivity index (χ0n) is 11.7. The standard InChI is InChI=1S/C13H25N3O2/c1-15(2)9-6-14-13(12(17)18-3)10-16-7-4-11(13)5-8-16/h11,14H,4-10H2,1-3H3. The van der Waals surface area contributed by atoms with E-state index in [9.17, 15) is 4.79 Å². The quantitative estimate of drug-likeness (QED) is 0.688. The summed E-state index contributed by atoms with van der Waals surface area (Å²) in [5.41, 5.74) is -0.471. The van der Waals surface area contributed by atoms with Gasteiger partial charge in [-0.25, -0.2) is 4.79 Å². The molecule has 5 heteroatoms. The van der Waals surface area contributed by atoms with Crippen LogP contribution in [0.4, 0.5) is 0 Å². The van der Waals surface area contributed by atoms with Crippen molar-refractivity contribution in [2.24, 2.45) is 5.92 Å². The van der Waals surface area contributed by atoms with Crippen molar-refractivity contribution in [2.45, 2.75) is 18.4 Å². The van der Waals surface area contributed by atoms with Crippen LogP contribution < -0.4 is 5.32 Å². The number of hydrogen-bond acceptors (Lipinski definition) is 5. The first-order chi connectivity index (χ1) is 8.58. The first-order valence-corrected chi connectivity index (χ1v) is 6.79. The lowest BCUT2D eigenvalue weighted by Crippen LogP contribution is -2.70. The van der Waals surface area contributed by atoms with Crippen molar-refractivity contribution in [2.75, 3.05) is 53.9 Å². The van der Waals surface area contributed by atoms with E-state index < -0.39 is 5.54 Å². The number of fused-ring (bicyclic) bond motifs is 3. The van der Waals surface area contributed by atoms with Crippen LogP contribution in [0.3, 0.4) is 0 Å². The van der Waals surface area contributed by atoms with E-state index in [1.807, 2.05) is 14.1 Å². The van der Waals surface area contributed by atoms with Crippen LogP contribution in [0.5, 0.6) is 0 Å². The molecule has 3 rings (SSSR count). The van der Waals surface area contributed by atoms with Gasteiger partial charge in [-0.2, -0.15) is 0 Å². The number of ether oxygens (including phenoxy) is 1. The molecular weight excluding hydrogens is 230 g/mol. The van der Waals surface area contributed by atoms with E-state index in [0.29, 0.717) is 5.92 Å². The lowest BCUT2D eigenvalue weighted by Gasteiger charge is -2.51. The van der Waals surface area contributed by atoms with Gasteiger partial charge in [-0.1, -0.05) is 0 Å². The molecule has 0 aliphatic carbocycles. The summed E-state index contributed by atoms with van der Waals surface area (Å²) in [6.07, 6.45) is 2.20. The molecule has 0 aromatic heterocycles. The van der Waals surface area contributed by atoms with Gasteiger partial charge in [0.05, 0.1) is 7.11 Å². The van der Waals surface area contributed by atoms with Gasteiger partial charge in [-0.3, -0.25) is 5.32 Å². The van der Waals surface area contributed by atoms with E-state index in [-0.39, 0.29) is 5.97 Å². The lowest BCUT2D eigenvalue weighted by molar-refractivity contribution is -0.158. The number of nitrogens with zero attached hydrogens (tertiary/aromatic N) is 2. The van der Waals surface area contributed by atoms with E-state index in [1.165, 1.54) is 7.11 Å². The van der Waals surface area contributed by atoms with Gasteiger partial charge < -0.3 is 14.5 Å². The van der Waals surface area contributed by atoms with Crippen molar-refractivity contribution in [3.8, 4) is 0 Å². The van der Waals surface area contributed by atoms with E-state index in [4.69, 9.17) is 4.74 Å². The summed E-state index contributed by atoms with van der Waals surface area (Å²) in [6, 6.07) is 0. The summed E-state index contributed by atoms with van der Waals surface area (Å²) in [5, 5.41) is 3.49. The molecule has 3 saturated heterocycles. The minimum Gasteiger partial charge on any atom is -0.468 e. The van der Waals surface area contributed by atoms with Crippen molar-refractivity contribution < 1.29 is 9.53 Å². The highest BCUT2D eigenvalue weighted by Gasteiger charge is 2.52. The Hall–Kier alpha value is -0.650. The van der Waals surface area contributed by atoms with Gasteiger partial charge >= 0.3 is 5.97 Å². The van der Waals surface area contributed by atoms with E-state index in [2.05, 4.69) is 15.1 Å². The molecule has 1 atom stereocenters. The monoisotopic (exact) mass is 255 g/mol. The van der Waals surface area contributed by atoms with Gasteiger partial charge in [0.15, 0.2) is 0 Å². The lowest BCUT2D eigenvalue weighted by atomic mass is 9.72. The largest absolute Gasteiger partial charge is 0.468 e.